The van der Waals surface area contributed by atoms with Crippen molar-refractivity contribution >= 4 is 27.0 Å². The largest absolute Gasteiger partial charge is 0.491 e. The van der Waals surface area contributed by atoms with Crippen LogP contribution in [0.3, 0.4) is 0 Å². The maximum atomic E-state index is 12.1. The molecular weight excluding hydrogens is 282 g/mol. The van der Waals surface area contributed by atoms with E-state index in [9.17, 15) is 8.42 Å². The van der Waals surface area contributed by atoms with Crippen LogP contribution in [-0.2, 0) is 10.0 Å². The maximum absolute atomic E-state index is 12.1. The van der Waals surface area contributed by atoms with Gasteiger partial charge in [-0.3, -0.25) is 4.72 Å². The molecule has 1 N–H and O–H groups in total. The van der Waals surface area contributed by atoms with Gasteiger partial charge in [0.2, 0.25) is 0 Å². The highest BCUT2D eigenvalue weighted by atomic mass is 32.2. The highest BCUT2D eigenvalue weighted by molar-refractivity contribution is 7.94. The first-order chi connectivity index (χ1) is 8.97. The van der Waals surface area contributed by atoms with Gasteiger partial charge < -0.3 is 4.74 Å². The summed E-state index contributed by atoms with van der Waals surface area (Å²) in [5.74, 6) is 0.640. The Labute approximate surface area is 117 Å². The summed E-state index contributed by atoms with van der Waals surface area (Å²) in [7, 11) is -3.50. The Morgan fingerprint density at radius 1 is 1.21 bits per heavy atom. The first-order valence-electron chi connectivity index (χ1n) is 5.80. The lowest BCUT2D eigenvalue weighted by atomic mass is 10.3. The second kappa shape index (κ2) is 5.63. The maximum Gasteiger partial charge on any atom is 0.271 e. The van der Waals surface area contributed by atoms with Gasteiger partial charge in [0.15, 0.2) is 0 Å². The third-order valence-corrected chi connectivity index (χ3v) is 5.00. The molecular formula is C13H15NO3S2. The zero-order valence-electron chi connectivity index (χ0n) is 10.7. The van der Waals surface area contributed by atoms with Crippen molar-refractivity contribution in [3.05, 3.63) is 41.8 Å². The molecule has 0 aliphatic rings. The molecule has 0 unspecified atom stereocenters. The van der Waals surface area contributed by atoms with Gasteiger partial charge in [-0.1, -0.05) is 12.1 Å². The fraction of sp³-hybridized carbons (Fsp3) is 0.231. The molecule has 0 aliphatic heterocycles. The third-order valence-electron chi connectivity index (χ3n) is 2.22. The molecule has 0 aliphatic carbocycles. The van der Waals surface area contributed by atoms with Crippen LogP contribution in [0.4, 0.5) is 5.69 Å². The Bertz CT molecular complexity index is 634. The second-order valence-corrected chi connectivity index (χ2v) is 7.09. The van der Waals surface area contributed by atoms with Crippen molar-refractivity contribution in [1.29, 1.82) is 0 Å². The number of thiophene rings is 1. The Morgan fingerprint density at radius 2 is 2.00 bits per heavy atom. The number of rotatable bonds is 5. The van der Waals surface area contributed by atoms with E-state index < -0.39 is 10.0 Å². The number of ether oxygens (including phenoxy) is 1. The molecule has 102 valence electrons. The van der Waals surface area contributed by atoms with E-state index in [1.54, 1.807) is 41.8 Å². The first kappa shape index (κ1) is 13.9. The van der Waals surface area contributed by atoms with Gasteiger partial charge in [0.05, 0.1) is 11.8 Å². The molecule has 1 heterocycles. The minimum absolute atomic E-state index is 0.0455. The summed E-state index contributed by atoms with van der Waals surface area (Å²) in [6.07, 6.45) is 0.0455. The van der Waals surface area contributed by atoms with E-state index in [2.05, 4.69) is 4.72 Å². The van der Waals surface area contributed by atoms with E-state index in [0.717, 1.165) is 0 Å². The normalized spacial score (nSPS) is 11.5. The van der Waals surface area contributed by atoms with Gasteiger partial charge in [-0.25, -0.2) is 8.42 Å². The van der Waals surface area contributed by atoms with Gasteiger partial charge in [-0.15, -0.1) is 11.3 Å². The van der Waals surface area contributed by atoms with Gasteiger partial charge >= 0.3 is 0 Å². The van der Waals surface area contributed by atoms with E-state index in [0.29, 0.717) is 15.6 Å². The molecule has 0 radical (unpaired) electrons. The third kappa shape index (κ3) is 3.71. The van der Waals surface area contributed by atoms with E-state index in [1.807, 2.05) is 13.8 Å². The number of sulfonamides is 1. The van der Waals surface area contributed by atoms with Gasteiger partial charge in [-0.05, 0) is 37.4 Å². The smallest absolute Gasteiger partial charge is 0.271 e. The average Bonchev–Trinajstić information content (AvgIpc) is 2.81. The van der Waals surface area contributed by atoms with Gasteiger partial charge in [0, 0.05) is 6.07 Å². The summed E-state index contributed by atoms with van der Waals surface area (Å²) in [5, 5.41) is 1.73. The predicted octanol–water partition coefficient (Wildman–Crippen LogP) is 3.34. The number of nitrogens with one attached hydrogen (secondary N) is 1. The fourth-order valence-corrected chi connectivity index (χ4v) is 3.57. The lowest BCUT2D eigenvalue weighted by Crippen LogP contribution is -2.12. The number of benzene rings is 1. The minimum atomic E-state index is -3.50. The summed E-state index contributed by atoms with van der Waals surface area (Å²) < 4.78 is 32.5. The molecule has 0 saturated carbocycles. The van der Waals surface area contributed by atoms with Gasteiger partial charge in [0.1, 0.15) is 9.96 Å². The zero-order chi connectivity index (χ0) is 13.9. The van der Waals surface area contributed by atoms with Crippen LogP contribution in [0.25, 0.3) is 0 Å². The van der Waals surface area contributed by atoms with E-state index in [-0.39, 0.29) is 6.10 Å². The number of hydrogen-bond acceptors (Lipinski definition) is 4. The lowest BCUT2D eigenvalue weighted by molar-refractivity contribution is 0.242. The average molecular weight is 297 g/mol. The van der Waals surface area contributed by atoms with Crippen molar-refractivity contribution in [2.45, 2.75) is 24.2 Å². The van der Waals surface area contributed by atoms with Crippen molar-refractivity contribution in [3.63, 3.8) is 0 Å². The molecule has 1 aromatic carbocycles. The molecule has 0 fully saturated rings. The molecule has 19 heavy (non-hydrogen) atoms. The Kier molecular flexibility index (Phi) is 4.11. The molecule has 0 saturated heterocycles. The van der Waals surface area contributed by atoms with Crippen LogP contribution in [0.5, 0.6) is 5.75 Å². The second-order valence-electron chi connectivity index (χ2n) is 4.23. The zero-order valence-corrected chi connectivity index (χ0v) is 12.3. The number of hydrogen-bond donors (Lipinski definition) is 1. The molecule has 0 bridgehead atoms. The SMILES string of the molecule is CC(C)Oc1cccc(NS(=O)(=O)c2cccs2)c1. The summed E-state index contributed by atoms with van der Waals surface area (Å²) in [6.45, 7) is 3.84. The van der Waals surface area contributed by atoms with Crippen molar-refractivity contribution in [2.24, 2.45) is 0 Å². The minimum Gasteiger partial charge on any atom is -0.491 e. The molecule has 2 rings (SSSR count). The standard InChI is InChI=1S/C13H15NO3S2/c1-10(2)17-12-6-3-5-11(9-12)14-19(15,16)13-7-4-8-18-13/h3-10,14H,1-2H3. The highest BCUT2D eigenvalue weighted by Crippen LogP contribution is 2.23. The molecule has 0 spiro atoms. The molecule has 1 aromatic heterocycles. The summed E-state index contributed by atoms with van der Waals surface area (Å²) in [5.41, 5.74) is 0.492. The fourth-order valence-electron chi connectivity index (χ4n) is 1.53. The van der Waals surface area contributed by atoms with Crippen LogP contribution in [0, 0.1) is 0 Å². The van der Waals surface area contributed by atoms with Crippen LogP contribution in [0.2, 0.25) is 0 Å². The molecule has 4 nitrogen and oxygen atoms in total. The molecule has 0 atom stereocenters. The monoisotopic (exact) mass is 297 g/mol. The molecule has 2 aromatic rings. The first-order valence-corrected chi connectivity index (χ1v) is 8.17. The van der Waals surface area contributed by atoms with Gasteiger partial charge in [0.25, 0.3) is 10.0 Å². The Hall–Kier alpha value is -1.53. The van der Waals surface area contributed by atoms with Crippen molar-refractivity contribution < 1.29 is 13.2 Å². The van der Waals surface area contributed by atoms with Crippen LogP contribution in [0.1, 0.15) is 13.8 Å². The van der Waals surface area contributed by atoms with Crippen LogP contribution in [-0.4, -0.2) is 14.5 Å². The highest BCUT2D eigenvalue weighted by Gasteiger charge is 2.15. The van der Waals surface area contributed by atoms with Gasteiger partial charge in [-0.2, -0.15) is 0 Å². The summed E-state index contributed by atoms with van der Waals surface area (Å²) in [6, 6.07) is 10.2. The molecule has 6 heteroatoms. The Balaban J connectivity index is 2.20. The Morgan fingerprint density at radius 3 is 2.63 bits per heavy atom. The topological polar surface area (TPSA) is 55.4 Å². The van der Waals surface area contributed by atoms with E-state index in [4.69, 9.17) is 4.74 Å². The van der Waals surface area contributed by atoms with E-state index in [1.165, 1.54) is 11.3 Å². The van der Waals surface area contributed by atoms with Crippen LogP contribution < -0.4 is 9.46 Å². The van der Waals surface area contributed by atoms with Crippen LogP contribution in [0.15, 0.2) is 46.0 Å². The predicted molar refractivity (Wildman–Crippen MR) is 77.3 cm³/mol. The lowest BCUT2D eigenvalue weighted by Gasteiger charge is -2.11. The van der Waals surface area contributed by atoms with Crippen LogP contribution >= 0.6 is 11.3 Å². The van der Waals surface area contributed by atoms with E-state index >= 15 is 0 Å². The summed E-state index contributed by atoms with van der Waals surface area (Å²) in [4.78, 5) is 0. The van der Waals surface area contributed by atoms with Crippen molar-refractivity contribution in [1.82, 2.24) is 0 Å². The summed E-state index contributed by atoms with van der Waals surface area (Å²) >= 11 is 1.18. The quantitative estimate of drug-likeness (QED) is 0.921. The molecule has 0 amide bonds. The van der Waals surface area contributed by atoms with Crippen molar-refractivity contribution in [2.75, 3.05) is 4.72 Å². The number of anilines is 1. The van der Waals surface area contributed by atoms with Crippen molar-refractivity contribution in [3.8, 4) is 5.75 Å².